The normalized spacial score (nSPS) is 13.6. The van der Waals surface area contributed by atoms with Crippen LogP contribution in [0, 0.1) is 11.6 Å². The summed E-state index contributed by atoms with van der Waals surface area (Å²) in [6.45, 7) is 13.6. The van der Waals surface area contributed by atoms with E-state index in [-0.39, 0.29) is 67.9 Å². The van der Waals surface area contributed by atoms with Crippen LogP contribution in [0.2, 0.25) is 10.0 Å². The molecule has 1 amide bonds. The molecule has 0 atom stereocenters. The van der Waals surface area contributed by atoms with E-state index in [2.05, 4.69) is 62.6 Å². The van der Waals surface area contributed by atoms with Crippen LogP contribution < -0.4 is 25.4 Å². The number of carbonyl (C=O) groups is 1. The molecule has 82 heavy (non-hydrogen) atoms. The van der Waals surface area contributed by atoms with Crippen molar-refractivity contribution in [2.45, 2.75) is 13.2 Å². The third kappa shape index (κ3) is 18.4. The Morgan fingerprint density at radius 3 is 1.54 bits per heavy atom. The van der Waals surface area contributed by atoms with Crippen LogP contribution in [0.3, 0.4) is 0 Å². The van der Waals surface area contributed by atoms with E-state index in [9.17, 15) is 13.6 Å². The molecule has 0 unspecified atom stereocenters. The second-order valence-corrected chi connectivity index (χ2v) is 19.3. The van der Waals surface area contributed by atoms with Gasteiger partial charge in [0.2, 0.25) is 5.91 Å². The molecule has 0 saturated carbocycles. The summed E-state index contributed by atoms with van der Waals surface area (Å²) in [4.78, 5) is 46.6. The van der Waals surface area contributed by atoms with Gasteiger partial charge in [0.25, 0.3) is 0 Å². The molecule has 422 valence electrons. The molecule has 2 saturated heterocycles. The van der Waals surface area contributed by atoms with Crippen molar-refractivity contribution in [3.63, 3.8) is 0 Å². The van der Waals surface area contributed by atoms with Crippen molar-refractivity contribution in [1.29, 1.82) is 0 Å². The van der Waals surface area contributed by atoms with Crippen LogP contribution in [0.25, 0.3) is 21.8 Å². The number of aromatic nitrogens is 4. The molecule has 2 aliphatic heterocycles. The van der Waals surface area contributed by atoms with Gasteiger partial charge in [-0.2, -0.15) is 0 Å². The predicted molar refractivity (Wildman–Crippen MR) is 310 cm³/mol. The number of carbonyl (C=O) groups excluding carboxylic acids is 1. The number of hydrogen-bond donors (Lipinski definition) is 3. The summed E-state index contributed by atoms with van der Waals surface area (Å²) in [7, 11) is 0. The van der Waals surface area contributed by atoms with Gasteiger partial charge < -0.3 is 40.0 Å². The maximum absolute atomic E-state index is 13.4. The molecule has 2 radical (unpaired) electrons. The predicted octanol–water partition coefficient (Wildman–Crippen LogP) is 10.4. The summed E-state index contributed by atoms with van der Waals surface area (Å²) in [6, 6.07) is 34.7. The van der Waals surface area contributed by atoms with Crippen LogP contribution in [0.15, 0.2) is 157 Å². The Kier molecular flexibility index (Phi) is 24.3. The van der Waals surface area contributed by atoms with Gasteiger partial charge in [0.15, 0.2) is 0 Å². The summed E-state index contributed by atoms with van der Waals surface area (Å²) in [5, 5.41) is 20.7. The molecule has 4 heterocycles. The molecule has 8 aromatic rings. The van der Waals surface area contributed by atoms with Gasteiger partial charge in [-0.25, -0.2) is 28.7 Å². The van der Waals surface area contributed by atoms with E-state index in [4.69, 9.17) is 42.4 Å². The minimum Gasteiger partial charge on any atom is -0.487 e. The third-order valence-electron chi connectivity index (χ3n) is 12.9. The molecule has 0 spiro atoms. The van der Waals surface area contributed by atoms with E-state index in [0.717, 1.165) is 102 Å². The minimum atomic E-state index is -0.314. The molecule has 3 N–H and O–H groups in total. The summed E-state index contributed by atoms with van der Waals surface area (Å²) < 4.78 is 38.4. The van der Waals surface area contributed by atoms with Crippen molar-refractivity contribution >= 4 is 86.4 Å². The van der Waals surface area contributed by atoms with E-state index < -0.39 is 0 Å². The standard InChI is InChI=1S/C31H30ClFN6O3.C28H28ClFN6O2.2V/c1-2-30(40)39-12-10-38(11-13-39)14-15-42-36-19-22-6-8-28-26(17-22)31(35-21-34-28)37-25-7-9-29(27(32)18-25)41-20-23-4-3-5-24(33)16-23;29-25-16-23(5-7-27(25)37-18-21-2-1-3-22(30)14-21)35-28-24-15-20(4-6-26(24)32-19-33-28)17-34-38-13-12-36-10-8-31-9-11-36;;/h2-9,16-19,21H,1,10-15,20H2,(H,34,35,37);1-7,14-17,19,31H,8-13,18H2,(H,32,33,35);;/b36-19+;34-17+;;. The van der Waals surface area contributed by atoms with Gasteiger partial charge in [0, 0.05) is 125 Å². The second-order valence-electron chi connectivity index (χ2n) is 18.5. The molecular formula is C59H58Cl2F2N12O5V2. The molecule has 10 rings (SSSR count). The van der Waals surface area contributed by atoms with Crippen LogP contribution in [-0.4, -0.2) is 132 Å². The van der Waals surface area contributed by atoms with Crippen molar-refractivity contribution in [3.05, 3.63) is 191 Å². The number of amides is 1. The maximum Gasteiger partial charge on any atom is 0.246 e. The number of halogens is 4. The Hall–Kier alpha value is -7.16. The second kappa shape index (κ2) is 31.9. The van der Waals surface area contributed by atoms with Crippen molar-refractivity contribution in [2.75, 3.05) is 89.3 Å². The summed E-state index contributed by atoms with van der Waals surface area (Å²) >= 11 is 12.9. The van der Waals surface area contributed by atoms with E-state index in [1.165, 1.54) is 43.0 Å². The quantitative estimate of drug-likeness (QED) is 0.0268. The van der Waals surface area contributed by atoms with Gasteiger partial charge in [-0.15, -0.1) is 0 Å². The first-order chi connectivity index (χ1) is 39.1. The SMILES string of the molecule is C=CC(=O)N1CCN(CCO/N=C/c2ccc3ncnc(Nc4ccc(OCc5cccc(F)c5)c(Cl)c4)c3c2)CC1.Fc1cccc(COc2ccc(Nc3ncnc4ccc(/C=N/OCCN5CCNCC5)cc34)cc2Cl)c1.[V].[V]. The number of benzene rings is 6. The van der Waals surface area contributed by atoms with Crippen LogP contribution in [0.4, 0.5) is 31.8 Å². The number of nitrogens with zero attached hydrogens (tertiary/aromatic N) is 9. The fraction of sp³-hybridized carbons (Fsp3) is 0.237. The van der Waals surface area contributed by atoms with E-state index in [0.29, 0.717) is 65.0 Å². The number of piperazine rings is 2. The van der Waals surface area contributed by atoms with Gasteiger partial charge in [0.05, 0.1) is 33.5 Å². The monoisotopic (exact) mass is 1220 g/mol. The van der Waals surface area contributed by atoms with Crippen LogP contribution in [0.1, 0.15) is 22.3 Å². The number of hydrogen-bond acceptors (Lipinski definition) is 16. The number of oxime groups is 2. The van der Waals surface area contributed by atoms with Crippen LogP contribution in [0.5, 0.6) is 11.5 Å². The average Bonchev–Trinajstić information content (AvgIpc) is 3.49. The zero-order valence-electron chi connectivity index (χ0n) is 44.5. The molecular weight excluding hydrogens is 1170 g/mol. The van der Waals surface area contributed by atoms with Crippen LogP contribution >= 0.6 is 23.2 Å². The Morgan fingerprint density at radius 1 is 0.610 bits per heavy atom. The first-order valence-electron chi connectivity index (χ1n) is 25.9. The minimum absolute atomic E-state index is 0. The third-order valence-corrected chi connectivity index (χ3v) is 13.5. The molecule has 2 aromatic heterocycles. The smallest absolute Gasteiger partial charge is 0.246 e. The number of nitrogens with one attached hydrogen (secondary N) is 3. The number of ether oxygens (including phenoxy) is 2. The fourth-order valence-corrected chi connectivity index (χ4v) is 9.12. The van der Waals surface area contributed by atoms with Gasteiger partial charge in [-0.1, -0.05) is 76.5 Å². The Balaban J connectivity index is 0.000000231. The fourth-order valence-electron chi connectivity index (χ4n) is 8.65. The van der Waals surface area contributed by atoms with Crippen molar-refractivity contribution in [3.8, 4) is 11.5 Å². The number of rotatable bonds is 21. The van der Waals surface area contributed by atoms with Gasteiger partial charge >= 0.3 is 0 Å². The van der Waals surface area contributed by atoms with Crippen molar-refractivity contribution in [2.24, 2.45) is 10.3 Å². The molecule has 23 heteroatoms. The topological polar surface area (TPSA) is 176 Å². The van der Waals surface area contributed by atoms with E-state index >= 15 is 0 Å². The zero-order chi connectivity index (χ0) is 55.5. The zero-order valence-corrected chi connectivity index (χ0v) is 48.8. The van der Waals surface area contributed by atoms with E-state index in [1.54, 1.807) is 65.9 Å². The summed E-state index contributed by atoms with van der Waals surface area (Å²) in [5.41, 5.74) is 6.15. The molecule has 0 bridgehead atoms. The Bertz CT molecular complexity index is 3470. The van der Waals surface area contributed by atoms with Gasteiger partial charge in [-0.3, -0.25) is 14.6 Å². The summed E-state index contributed by atoms with van der Waals surface area (Å²) in [5.74, 6) is 1.59. The van der Waals surface area contributed by atoms with Crippen LogP contribution in [-0.2, 0) is 64.8 Å². The average molecular weight is 1230 g/mol. The largest absolute Gasteiger partial charge is 0.487 e. The molecule has 2 fully saturated rings. The van der Waals surface area contributed by atoms with E-state index in [1.807, 2.05) is 48.5 Å². The van der Waals surface area contributed by atoms with Crippen molar-refractivity contribution in [1.82, 2.24) is 40.0 Å². The maximum atomic E-state index is 13.4. The number of fused-ring (bicyclic) bond motifs is 2. The molecule has 17 nitrogen and oxygen atoms in total. The van der Waals surface area contributed by atoms with Crippen molar-refractivity contribution < 1.29 is 69.8 Å². The first kappa shape index (κ1) is 62.4. The number of anilines is 4. The van der Waals surface area contributed by atoms with Gasteiger partial charge in [0.1, 0.15) is 73.9 Å². The van der Waals surface area contributed by atoms with Gasteiger partial charge in [-0.05, 0) is 113 Å². The summed E-state index contributed by atoms with van der Waals surface area (Å²) in [6.07, 6.45) is 7.70. The Labute approximate surface area is 507 Å². The molecule has 2 aliphatic rings. The molecule has 6 aromatic carbocycles. The first-order valence-corrected chi connectivity index (χ1v) is 26.6. The Morgan fingerprint density at radius 2 is 1.09 bits per heavy atom. The molecule has 0 aliphatic carbocycles.